The average Bonchev–Trinajstić information content (AvgIpc) is 2.59. The Morgan fingerprint density at radius 2 is 1.96 bits per heavy atom. The molecule has 5 nitrogen and oxygen atoms in total. The Morgan fingerprint density at radius 3 is 2.58 bits per heavy atom. The summed E-state index contributed by atoms with van der Waals surface area (Å²) < 4.78 is 43.5. The summed E-state index contributed by atoms with van der Waals surface area (Å²) in [6.07, 6.45) is -2.97. The quantitative estimate of drug-likeness (QED) is 0.777. The van der Waals surface area contributed by atoms with E-state index in [1.807, 2.05) is 6.92 Å². The molecule has 1 unspecified atom stereocenters. The number of rotatable bonds is 6. The SMILES string of the molecule is CCCOC(=O)c1ccc(NC(=O)CN2CCCC(C(F)(F)F)C2)cc1. The summed E-state index contributed by atoms with van der Waals surface area (Å²) in [6.45, 7) is 2.46. The predicted octanol–water partition coefficient (Wildman–Crippen LogP) is 3.47. The van der Waals surface area contributed by atoms with Gasteiger partial charge in [0.2, 0.25) is 5.91 Å². The van der Waals surface area contributed by atoms with Crippen molar-refractivity contribution >= 4 is 17.6 Å². The molecule has 0 saturated carbocycles. The first-order valence-electron chi connectivity index (χ1n) is 8.65. The van der Waals surface area contributed by atoms with Gasteiger partial charge in [-0.1, -0.05) is 6.92 Å². The summed E-state index contributed by atoms with van der Waals surface area (Å²) in [7, 11) is 0. The van der Waals surface area contributed by atoms with Gasteiger partial charge in [0.25, 0.3) is 0 Å². The van der Waals surface area contributed by atoms with Gasteiger partial charge in [-0.05, 0) is 50.1 Å². The van der Waals surface area contributed by atoms with Crippen LogP contribution in [0.1, 0.15) is 36.5 Å². The van der Waals surface area contributed by atoms with Crippen molar-refractivity contribution in [1.82, 2.24) is 4.90 Å². The minimum atomic E-state index is -4.22. The molecule has 1 aromatic rings. The lowest BCUT2D eigenvalue weighted by Crippen LogP contribution is -2.44. The average molecular weight is 372 g/mol. The zero-order valence-electron chi connectivity index (χ0n) is 14.6. The fraction of sp³-hybridized carbons (Fsp3) is 0.556. The molecule has 1 fully saturated rings. The third-order valence-electron chi connectivity index (χ3n) is 4.18. The molecule has 1 atom stereocenters. The van der Waals surface area contributed by atoms with Crippen molar-refractivity contribution in [3.8, 4) is 0 Å². The topological polar surface area (TPSA) is 58.6 Å². The monoisotopic (exact) mass is 372 g/mol. The number of hydrogen-bond acceptors (Lipinski definition) is 4. The standard InChI is InChI=1S/C18H23F3N2O3/c1-2-10-26-17(25)13-5-7-15(8-6-13)22-16(24)12-23-9-3-4-14(11-23)18(19,20)21/h5-8,14H,2-4,9-12H2,1H3,(H,22,24). The van der Waals surface area contributed by atoms with Crippen molar-refractivity contribution in [2.75, 3.05) is 31.6 Å². The van der Waals surface area contributed by atoms with Crippen molar-refractivity contribution in [2.24, 2.45) is 5.92 Å². The van der Waals surface area contributed by atoms with E-state index in [1.54, 1.807) is 12.1 Å². The zero-order valence-corrected chi connectivity index (χ0v) is 14.6. The lowest BCUT2D eigenvalue weighted by atomic mass is 9.97. The lowest BCUT2D eigenvalue weighted by Gasteiger charge is -2.33. The minimum Gasteiger partial charge on any atom is -0.462 e. The number of hydrogen-bond donors (Lipinski definition) is 1. The second-order valence-electron chi connectivity index (χ2n) is 6.38. The number of nitrogens with one attached hydrogen (secondary N) is 1. The number of carbonyl (C=O) groups is 2. The number of amides is 1. The third kappa shape index (κ3) is 6.01. The highest BCUT2D eigenvalue weighted by molar-refractivity contribution is 5.94. The summed E-state index contributed by atoms with van der Waals surface area (Å²) in [6, 6.07) is 6.20. The molecule has 1 saturated heterocycles. The van der Waals surface area contributed by atoms with E-state index < -0.39 is 18.1 Å². The second-order valence-corrected chi connectivity index (χ2v) is 6.38. The van der Waals surface area contributed by atoms with Crippen molar-refractivity contribution in [3.05, 3.63) is 29.8 Å². The number of esters is 1. The molecule has 2 rings (SSSR count). The Labute approximate surface area is 150 Å². The van der Waals surface area contributed by atoms with E-state index in [4.69, 9.17) is 4.74 Å². The molecule has 8 heteroatoms. The van der Waals surface area contributed by atoms with Crippen LogP contribution in [0.5, 0.6) is 0 Å². The van der Waals surface area contributed by atoms with E-state index in [0.717, 1.165) is 6.42 Å². The van der Waals surface area contributed by atoms with E-state index in [-0.39, 0.29) is 25.4 Å². The van der Waals surface area contributed by atoms with E-state index >= 15 is 0 Å². The molecule has 0 spiro atoms. The molecule has 0 aliphatic carbocycles. The van der Waals surface area contributed by atoms with Crippen LogP contribution < -0.4 is 5.32 Å². The van der Waals surface area contributed by atoms with Gasteiger partial charge in [0, 0.05) is 12.2 Å². The van der Waals surface area contributed by atoms with Crippen LogP contribution in [0.2, 0.25) is 0 Å². The molecule has 26 heavy (non-hydrogen) atoms. The predicted molar refractivity (Wildman–Crippen MR) is 90.9 cm³/mol. The largest absolute Gasteiger partial charge is 0.462 e. The maximum absolute atomic E-state index is 12.8. The van der Waals surface area contributed by atoms with Crippen LogP contribution in [0.4, 0.5) is 18.9 Å². The third-order valence-corrected chi connectivity index (χ3v) is 4.18. The molecule has 0 radical (unpaired) electrons. The minimum absolute atomic E-state index is 0.0904. The van der Waals surface area contributed by atoms with E-state index in [9.17, 15) is 22.8 Å². The number of nitrogens with zero attached hydrogens (tertiary/aromatic N) is 1. The van der Waals surface area contributed by atoms with Gasteiger partial charge >= 0.3 is 12.1 Å². The van der Waals surface area contributed by atoms with Crippen LogP contribution >= 0.6 is 0 Å². The number of carbonyl (C=O) groups excluding carboxylic acids is 2. The number of halogens is 3. The Bertz CT molecular complexity index is 617. The summed E-state index contributed by atoms with van der Waals surface area (Å²) in [4.78, 5) is 25.3. The normalized spacial score (nSPS) is 18.4. The van der Waals surface area contributed by atoms with Crippen LogP contribution in [0.25, 0.3) is 0 Å². The summed E-state index contributed by atoms with van der Waals surface area (Å²) in [5.74, 6) is -2.19. The molecule has 1 N–H and O–H groups in total. The van der Waals surface area contributed by atoms with Crippen molar-refractivity contribution < 1.29 is 27.5 Å². The Kier molecular flexibility index (Phi) is 7.02. The van der Waals surface area contributed by atoms with Crippen LogP contribution in [0, 0.1) is 5.92 Å². The maximum atomic E-state index is 12.8. The van der Waals surface area contributed by atoms with Gasteiger partial charge in [0.15, 0.2) is 0 Å². The summed E-state index contributed by atoms with van der Waals surface area (Å²) in [5, 5.41) is 2.64. The van der Waals surface area contributed by atoms with Crippen molar-refractivity contribution in [3.63, 3.8) is 0 Å². The first-order chi connectivity index (χ1) is 12.3. The molecule has 1 aliphatic heterocycles. The zero-order chi connectivity index (χ0) is 19.2. The Hall–Kier alpha value is -2.09. The van der Waals surface area contributed by atoms with Gasteiger partial charge in [-0.15, -0.1) is 0 Å². The smallest absolute Gasteiger partial charge is 0.393 e. The van der Waals surface area contributed by atoms with Crippen LogP contribution in [-0.4, -0.2) is 49.2 Å². The fourth-order valence-electron chi connectivity index (χ4n) is 2.84. The molecule has 1 aromatic carbocycles. The highest BCUT2D eigenvalue weighted by Gasteiger charge is 2.41. The molecule has 1 aliphatic rings. The summed E-state index contributed by atoms with van der Waals surface area (Å²) >= 11 is 0. The molecule has 0 aromatic heterocycles. The van der Waals surface area contributed by atoms with E-state index in [0.29, 0.717) is 30.8 Å². The molecular weight excluding hydrogens is 349 g/mol. The van der Waals surface area contributed by atoms with Gasteiger partial charge in [-0.2, -0.15) is 13.2 Å². The van der Waals surface area contributed by atoms with Gasteiger partial charge in [-0.25, -0.2) is 4.79 Å². The fourth-order valence-corrected chi connectivity index (χ4v) is 2.84. The number of anilines is 1. The van der Waals surface area contributed by atoms with Crippen LogP contribution in [0.3, 0.4) is 0 Å². The number of piperidine rings is 1. The molecule has 144 valence electrons. The summed E-state index contributed by atoms with van der Waals surface area (Å²) in [5.41, 5.74) is 0.854. The molecular formula is C18H23F3N2O3. The highest BCUT2D eigenvalue weighted by Crippen LogP contribution is 2.32. The maximum Gasteiger partial charge on any atom is 0.393 e. The van der Waals surface area contributed by atoms with E-state index in [1.165, 1.54) is 17.0 Å². The number of ether oxygens (including phenoxy) is 1. The number of likely N-dealkylation sites (tertiary alicyclic amines) is 1. The van der Waals surface area contributed by atoms with E-state index in [2.05, 4.69) is 5.32 Å². The van der Waals surface area contributed by atoms with Gasteiger partial charge in [-0.3, -0.25) is 9.69 Å². The number of alkyl halides is 3. The van der Waals surface area contributed by atoms with Gasteiger partial charge in [0.1, 0.15) is 0 Å². The first-order valence-corrected chi connectivity index (χ1v) is 8.65. The Morgan fingerprint density at radius 1 is 1.27 bits per heavy atom. The van der Waals surface area contributed by atoms with Gasteiger partial charge < -0.3 is 10.1 Å². The second kappa shape index (κ2) is 9.02. The van der Waals surface area contributed by atoms with Crippen molar-refractivity contribution in [1.29, 1.82) is 0 Å². The highest BCUT2D eigenvalue weighted by atomic mass is 19.4. The molecule has 1 amide bonds. The van der Waals surface area contributed by atoms with Crippen molar-refractivity contribution in [2.45, 2.75) is 32.4 Å². The molecule has 1 heterocycles. The number of benzene rings is 1. The van der Waals surface area contributed by atoms with Crippen LogP contribution in [-0.2, 0) is 9.53 Å². The Balaban J connectivity index is 1.85. The lowest BCUT2D eigenvalue weighted by molar-refractivity contribution is -0.186. The van der Waals surface area contributed by atoms with Gasteiger partial charge in [0.05, 0.1) is 24.6 Å². The first kappa shape index (κ1) is 20.2. The van der Waals surface area contributed by atoms with Crippen LogP contribution in [0.15, 0.2) is 24.3 Å². The molecule has 0 bridgehead atoms.